The predicted octanol–water partition coefficient (Wildman–Crippen LogP) is 3.78. The van der Waals surface area contributed by atoms with E-state index in [0.717, 1.165) is 32.5 Å². The summed E-state index contributed by atoms with van der Waals surface area (Å²) in [7, 11) is 5.70. The zero-order chi connectivity index (χ0) is 11.9. The fourth-order valence-corrected chi connectivity index (χ4v) is 2.07. The van der Waals surface area contributed by atoms with E-state index in [1.807, 2.05) is 0 Å². The Morgan fingerprint density at radius 3 is 2.56 bits per heavy atom. The lowest BCUT2D eigenvalue weighted by Gasteiger charge is -2.03. The number of ether oxygens (including phenoxy) is 2. The summed E-state index contributed by atoms with van der Waals surface area (Å²) in [6, 6.07) is 0. The molecular weight excluding hydrogens is 236 g/mol. The van der Waals surface area contributed by atoms with Gasteiger partial charge in [0.2, 0.25) is 0 Å². The van der Waals surface area contributed by atoms with E-state index >= 15 is 0 Å². The van der Waals surface area contributed by atoms with Crippen LogP contribution in [0, 0.1) is 0 Å². The van der Waals surface area contributed by atoms with E-state index in [-0.39, 0.29) is 19.3 Å². The molecule has 0 aromatic carbocycles. The Balaban J connectivity index is 2.95. The molecule has 16 heavy (non-hydrogen) atoms. The van der Waals surface area contributed by atoms with Crippen molar-refractivity contribution < 1.29 is 9.47 Å². The molecule has 0 aliphatic carbocycles. The Labute approximate surface area is 113 Å². The Kier molecular flexibility index (Phi) is 16.4. The smallest absolute Gasteiger partial charge is 0.355 e. The van der Waals surface area contributed by atoms with Gasteiger partial charge in [-0.2, -0.15) is 0 Å². The zero-order valence-corrected chi connectivity index (χ0v) is 12.6. The minimum absolute atomic E-state index is 0.274. The van der Waals surface area contributed by atoms with E-state index in [0.29, 0.717) is 6.79 Å². The predicted molar refractivity (Wildman–Crippen MR) is 71.1 cm³/mol. The molecule has 0 aromatic rings. The Morgan fingerprint density at radius 2 is 1.81 bits per heavy atom. The summed E-state index contributed by atoms with van der Waals surface area (Å²) in [5, 5.41) is 0. The maximum absolute atomic E-state index is 5.70. The fourth-order valence-electron chi connectivity index (χ4n) is 1.21. The van der Waals surface area contributed by atoms with E-state index in [9.17, 15) is 0 Å². The van der Waals surface area contributed by atoms with E-state index in [1.165, 1.54) is 17.4 Å². The average Bonchev–Trinajstić information content (AvgIpc) is 2.31. The summed E-state index contributed by atoms with van der Waals surface area (Å²) >= 11 is -0.274. The SMILES string of the molecule is CCCCCOCOCC/C=C/C[CH2][Mg][Cl]. The summed E-state index contributed by atoms with van der Waals surface area (Å²) in [5.74, 6) is 0. The highest BCUT2D eigenvalue weighted by Gasteiger charge is 1.89. The molecule has 0 amide bonds. The van der Waals surface area contributed by atoms with Crippen LogP contribution in [0.2, 0.25) is 4.55 Å². The zero-order valence-electron chi connectivity index (χ0n) is 10.4. The van der Waals surface area contributed by atoms with Crippen LogP contribution < -0.4 is 0 Å². The molecule has 92 valence electrons. The van der Waals surface area contributed by atoms with Gasteiger partial charge in [0.25, 0.3) is 0 Å². The van der Waals surface area contributed by atoms with Gasteiger partial charge in [-0.25, -0.2) is 0 Å². The topological polar surface area (TPSA) is 18.5 Å². The standard InChI is InChI=1S/C12H23O2.ClH.Mg/c1-3-5-7-9-11-14-12-13-10-8-6-4-2;;/h5,7H,1,3-4,6,8-12H2,2H3;1H;/q;;+1/p-1/b7-5+;;. The van der Waals surface area contributed by atoms with Gasteiger partial charge < -0.3 is 18.5 Å². The summed E-state index contributed by atoms with van der Waals surface area (Å²) in [4.78, 5) is 0. The van der Waals surface area contributed by atoms with E-state index in [4.69, 9.17) is 18.5 Å². The molecule has 0 aliphatic heterocycles. The average molecular weight is 259 g/mol. The van der Waals surface area contributed by atoms with Gasteiger partial charge in [0.15, 0.2) is 0 Å². The van der Waals surface area contributed by atoms with Crippen LogP contribution in [-0.2, 0) is 9.47 Å². The molecule has 4 heteroatoms. The number of rotatable bonds is 12. The highest BCUT2D eigenvalue weighted by atomic mass is 35.5. The van der Waals surface area contributed by atoms with Crippen molar-refractivity contribution in [3.05, 3.63) is 12.2 Å². The van der Waals surface area contributed by atoms with Gasteiger partial charge in [-0.1, -0.05) is 38.3 Å². The first-order valence-corrected chi connectivity index (χ1v) is 9.42. The van der Waals surface area contributed by atoms with E-state index in [1.54, 1.807) is 0 Å². The van der Waals surface area contributed by atoms with Crippen molar-refractivity contribution in [2.75, 3.05) is 20.0 Å². The lowest BCUT2D eigenvalue weighted by Crippen LogP contribution is -2.02. The van der Waals surface area contributed by atoms with Gasteiger partial charge in [0.1, 0.15) is 6.79 Å². The van der Waals surface area contributed by atoms with Crippen LogP contribution in [0.4, 0.5) is 0 Å². The Hall–Kier alpha value is 0.716. The number of allylic oxidation sites excluding steroid dienone is 1. The third-order valence-electron chi connectivity index (χ3n) is 2.16. The van der Waals surface area contributed by atoms with Gasteiger partial charge in [-0.3, -0.25) is 0 Å². The molecule has 0 aliphatic rings. The molecule has 0 radical (unpaired) electrons. The Morgan fingerprint density at radius 1 is 1.06 bits per heavy atom. The van der Waals surface area contributed by atoms with Gasteiger partial charge in [0, 0.05) is 6.61 Å². The van der Waals surface area contributed by atoms with Gasteiger partial charge in [0.05, 0.1) is 6.61 Å². The summed E-state index contributed by atoms with van der Waals surface area (Å²) in [6.45, 7) is 4.20. The summed E-state index contributed by atoms with van der Waals surface area (Å²) in [6.07, 6.45) is 10.1. The van der Waals surface area contributed by atoms with Gasteiger partial charge in [-0.05, 0) is 12.8 Å². The number of hydrogen-bond donors (Lipinski definition) is 0. The second kappa shape index (κ2) is 15.7. The quantitative estimate of drug-likeness (QED) is 0.230. The Bertz CT molecular complexity index is 154. The normalized spacial score (nSPS) is 10.9. The molecule has 0 unspecified atom stereocenters. The van der Waals surface area contributed by atoms with Crippen LogP contribution in [0.5, 0.6) is 0 Å². The van der Waals surface area contributed by atoms with Crippen molar-refractivity contribution in [1.82, 2.24) is 0 Å². The second-order valence-corrected chi connectivity index (χ2v) is 5.95. The molecule has 0 aromatic heterocycles. The van der Waals surface area contributed by atoms with Crippen molar-refractivity contribution in [2.24, 2.45) is 0 Å². The first-order chi connectivity index (χ1) is 7.91. The van der Waals surface area contributed by atoms with Crippen LogP contribution in [0.3, 0.4) is 0 Å². The fraction of sp³-hybridized carbons (Fsp3) is 0.833. The van der Waals surface area contributed by atoms with Crippen LogP contribution in [0.1, 0.15) is 39.0 Å². The van der Waals surface area contributed by atoms with Crippen molar-refractivity contribution in [3.63, 3.8) is 0 Å². The van der Waals surface area contributed by atoms with Crippen molar-refractivity contribution >= 4 is 28.3 Å². The van der Waals surface area contributed by atoms with E-state index in [2.05, 4.69) is 19.1 Å². The van der Waals surface area contributed by atoms with Gasteiger partial charge >= 0.3 is 19.3 Å². The monoisotopic (exact) mass is 258 g/mol. The van der Waals surface area contributed by atoms with Crippen molar-refractivity contribution in [1.29, 1.82) is 0 Å². The molecule has 0 N–H and O–H groups in total. The molecule has 0 saturated carbocycles. The molecule has 2 nitrogen and oxygen atoms in total. The molecule has 0 fully saturated rings. The molecule has 0 rings (SSSR count). The minimum atomic E-state index is -0.274. The largest absolute Gasteiger partial charge is 0.501 e. The third kappa shape index (κ3) is 14.7. The highest BCUT2D eigenvalue weighted by Crippen LogP contribution is 1.96. The molecule has 0 bridgehead atoms. The molecule has 0 atom stereocenters. The van der Waals surface area contributed by atoms with Gasteiger partial charge in [-0.15, -0.1) is 4.55 Å². The van der Waals surface area contributed by atoms with E-state index < -0.39 is 0 Å². The number of hydrogen-bond acceptors (Lipinski definition) is 2. The molecule has 0 heterocycles. The highest BCUT2D eigenvalue weighted by molar-refractivity contribution is 6.93. The lowest BCUT2D eigenvalue weighted by atomic mass is 10.3. The van der Waals surface area contributed by atoms with Crippen LogP contribution >= 0.6 is 9.07 Å². The molecular formula is C12H23ClMgO2. The van der Waals surface area contributed by atoms with Crippen molar-refractivity contribution in [2.45, 2.75) is 43.6 Å². The first-order valence-electron chi connectivity index (χ1n) is 6.28. The van der Waals surface area contributed by atoms with Crippen LogP contribution in [-0.4, -0.2) is 39.3 Å². The maximum atomic E-state index is 5.70. The molecule has 0 spiro atoms. The second-order valence-electron chi connectivity index (χ2n) is 3.73. The number of halogens is 1. The first kappa shape index (κ1) is 16.7. The minimum Gasteiger partial charge on any atom is -0.355 e. The summed E-state index contributed by atoms with van der Waals surface area (Å²) < 4.78 is 11.8. The third-order valence-corrected chi connectivity index (χ3v) is 3.64. The maximum Gasteiger partial charge on any atom is 0.501 e. The van der Waals surface area contributed by atoms with Crippen LogP contribution in [0.15, 0.2) is 12.2 Å². The van der Waals surface area contributed by atoms with Crippen molar-refractivity contribution in [3.8, 4) is 0 Å². The summed E-state index contributed by atoms with van der Waals surface area (Å²) in [5.41, 5.74) is 0. The number of unbranched alkanes of at least 4 members (excludes halogenated alkanes) is 2. The van der Waals surface area contributed by atoms with Crippen LogP contribution in [0.25, 0.3) is 0 Å². The lowest BCUT2D eigenvalue weighted by molar-refractivity contribution is -0.0531. The molecule has 0 saturated heterocycles.